The predicted octanol–water partition coefficient (Wildman–Crippen LogP) is 2.17. The molecule has 0 radical (unpaired) electrons. The highest BCUT2D eigenvalue weighted by Gasteiger charge is 2.22. The Morgan fingerprint density at radius 1 is 1.42 bits per heavy atom. The predicted molar refractivity (Wildman–Crippen MR) is 78.0 cm³/mol. The van der Waals surface area contributed by atoms with Gasteiger partial charge in [0.1, 0.15) is 0 Å². The van der Waals surface area contributed by atoms with Gasteiger partial charge in [-0.2, -0.15) is 0 Å². The molecule has 1 N–H and O–H groups in total. The third-order valence-electron chi connectivity index (χ3n) is 4.16. The van der Waals surface area contributed by atoms with E-state index in [1.54, 1.807) is 12.4 Å². The van der Waals surface area contributed by atoms with Crippen molar-refractivity contribution in [3.05, 3.63) is 23.8 Å². The Bertz CT molecular complexity index is 387. The van der Waals surface area contributed by atoms with E-state index in [0.29, 0.717) is 6.04 Å². The second-order valence-electron chi connectivity index (χ2n) is 5.50. The molecule has 2 atom stereocenters. The third kappa shape index (κ3) is 3.74. The molecule has 1 saturated heterocycles. The molecule has 0 aromatic carbocycles. The third-order valence-corrected chi connectivity index (χ3v) is 4.16. The lowest BCUT2D eigenvalue weighted by atomic mass is 9.98. The van der Waals surface area contributed by atoms with Crippen LogP contribution in [0.3, 0.4) is 0 Å². The average molecular weight is 262 g/mol. The molecule has 4 heteroatoms. The molecule has 0 aliphatic carbocycles. The molecule has 19 heavy (non-hydrogen) atoms. The molecule has 106 valence electrons. The Hall–Kier alpha value is -1.00. The molecule has 0 spiro atoms. The van der Waals surface area contributed by atoms with Gasteiger partial charge in [-0.25, -0.2) is 0 Å². The standard InChI is InChI=1S/C15H26N4/c1-4-19(11-14-6-5-7-16-10-14)13(3)15-12(2)17-8-9-18-15/h8-9,13-14,16H,4-7,10-11H2,1-3H3. The Morgan fingerprint density at radius 2 is 2.21 bits per heavy atom. The molecule has 1 aliphatic heterocycles. The number of nitrogens with zero attached hydrogens (tertiary/aromatic N) is 3. The molecule has 4 nitrogen and oxygen atoms in total. The van der Waals surface area contributed by atoms with Crippen molar-refractivity contribution >= 4 is 0 Å². The van der Waals surface area contributed by atoms with E-state index in [0.717, 1.165) is 36.9 Å². The Labute approximate surface area is 116 Å². The molecule has 0 amide bonds. The first-order valence-electron chi connectivity index (χ1n) is 7.44. The number of aromatic nitrogens is 2. The number of aryl methyl sites for hydroxylation is 1. The fourth-order valence-corrected chi connectivity index (χ4v) is 2.97. The van der Waals surface area contributed by atoms with E-state index in [1.807, 2.05) is 0 Å². The summed E-state index contributed by atoms with van der Waals surface area (Å²) >= 11 is 0. The van der Waals surface area contributed by atoms with E-state index in [9.17, 15) is 0 Å². The smallest absolute Gasteiger partial charge is 0.0784 e. The zero-order valence-electron chi connectivity index (χ0n) is 12.4. The molecule has 1 aromatic heterocycles. The zero-order chi connectivity index (χ0) is 13.7. The lowest BCUT2D eigenvalue weighted by Crippen LogP contribution is -2.39. The maximum atomic E-state index is 4.52. The van der Waals surface area contributed by atoms with Crippen LogP contribution in [0.25, 0.3) is 0 Å². The van der Waals surface area contributed by atoms with Gasteiger partial charge in [0.25, 0.3) is 0 Å². The first-order chi connectivity index (χ1) is 9.22. The van der Waals surface area contributed by atoms with Crippen molar-refractivity contribution in [3.8, 4) is 0 Å². The second kappa shape index (κ2) is 6.96. The molecular formula is C15H26N4. The fraction of sp³-hybridized carbons (Fsp3) is 0.733. The highest BCUT2D eigenvalue weighted by molar-refractivity contribution is 5.12. The number of hydrogen-bond acceptors (Lipinski definition) is 4. The van der Waals surface area contributed by atoms with Gasteiger partial charge in [-0.1, -0.05) is 6.92 Å². The van der Waals surface area contributed by atoms with Crippen LogP contribution in [0.5, 0.6) is 0 Å². The van der Waals surface area contributed by atoms with E-state index in [1.165, 1.54) is 19.4 Å². The van der Waals surface area contributed by atoms with E-state index in [2.05, 4.69) is 41.0 Å². The number of piperidine rings is 1. The summed E-state index contributed by atoms with van der Waals surface area (Å²) in [6.07, 6.45) is 6.22. The van der Waals surface area contributed by atoms with Gasteiger partial charge in [0, 0.05) is 18.9 Å². The molecule has 1 aliphatic rings. The molecule has 2 rings (SSSR count). The van der Waals surface area contributed by atoms with Crippen LogP contribution >= 0.6 is 0 Å². The van der Waals surface area contributed by atoms with Gasteiger partial charge in [-0.15, -0.1) is 0 Å². The minimum absolute atomic E-state index is 0.348. The summed E-state index contributed by atoms with van der Waals surface area (Å²) in [5.41, 5.74) is 2.17. The number of rotatable bonds is 5. The molecule has 2 unspecified atom stereocenters. The zero-order valence-corrected chi connectivity index (χ0v) is 12.4. The van der Waals surface area contributed by atoms with Crippen LogP contribution in [0.15, 0.2) is 12.4 Å². The van der Waals surface area contributed by atoms with Gasteiger partial charge in [0.05, 0.1) is 17.4 Å². The number of nitrogens with one attached hydrogen (secondary N) is 1. The van der Waals surface area contributed by atoms with E-state index in [4.69, 9.17) is 0 Å². The van der Waals surface area contributed by atoms with Crippen LogP contribution in [0.1, 0.15) is 44.1 Å². The van der Waals surface area contributed by atoms with Gasteiger partial charge in [-0.05, 0) is 52.2 Å². The molecule has 0 bridgehead atoms. The van der Waals surface area contributed by atoms with Crippen LogP contribution in [-0.2, 0) is 0 Å². The summed E-state index contributed by atoms with van der Waals surface area (Å²) in [4.78, 5) is 11.4. The van der Waals surface area contributed by atoms with Crippen molar-refractivity contribution in [2.24, 2.45) is 5.92 Å². The van der Waals surface area contributed by atoms with Gasteiger partial charge < -0.3 is 5.32 Å². The van der Waals surface area contributed by atoms with Crippen molar-refractivity contribution in [1.82, 2.24) is 20.2 Å². The molecular weight excluding hydrogens is 236 g/mol. The van der Waals surface area contributed by atoms with Gasteiger partial charge in [0.15, 0.2) is 0 Å². The summed E-state index contributed by atoms with van der Waals surface area (Å²) in [5, 5.41) is 3.50. The minimum Gasteiger partial charge on any atom is -0.316 e. The van der Waals surface area contributed by atoms with Crippen LogP contribution < -0.4 is 5.32 Å². The lowest BCUT2D eigenvalue weighted by molar-refractivity contribution is 0.167. The highest BCUT2D eigenvalue weighted by Crippen LogP contribution is 2.22. The molecule has 0 saturated carbocycles. The fourth-order valence-electron chi connectivity index (χ4n) is 2.97. The quantitative estimate of drug-likeness (QED) is 0.883. The second-order valence-corrected chi connectivity index (χ2v) is 5.50. The summed E-state index contributed by atoms with van der Waals surface area (Å²) in [7, 11) is 0. The minimum atomic E-state index is 0.348. The molecule has 2 heterocycles. The van der Waals surface area contributed by atoms with E-state index < -0.39 is 0 Å². The maximum absolute atomic E-state index is 4.52. The summed E-state index contributed by atoms with van der Waals surface area (Å²) in [6.45, 7) is 11.1. The van der Waals surface area contributed by atoms with Crippen molar-refractivity contribution < 1.29 is 0 Å². The molecule has 1 aromatic rings. The maximum Gasteiger partial charge on any atom is 0.0784 e. The monoisotopic (exact) mass is 262 g/mol. The topological polar surface area (TPSA) is 41.0 Å². The van der Waals surface area contributed by atoms with Crippen LogP contribution in [0, 0.1) is 12.8 Å². The first kappa shape index (κ1) is 14.4. The van der Waals surface area contributed by atoms with E-state index in [-0.39, 0.29) is 0 Å². The summed E-state index contributed by atoms with van der Waals surface area (Å²) < 4.78 is 0. The largest absolute Gasteiger partial charge is 0.316 e. The van der Waals surface area contributed by atoms with Crippen molar-refractivity contribution in [1.29, 1.82) is 0 Å². The highest BCUT2D eigenvalue weighted by atomic mass is 15.2. The number of hydrogen-bond donors (Lipinski definition) is 1. The van der Waals surface area contributed by atoms with Crippen LogP contribution in [0.4, 0.5) is 0 Å². The lowest BCUT2D eigenvalue weighted by Gasteiger charge is -2.33. The average Bonchev–Trinajstić information content (AvgIpc) is 2.46. The van der Waals surface area contributed by atoms with Crippen LogP contribution in [-0.4, -0.2) is 41.0 Å². The summed E-state index contributed by atoms with van der Waals surface area (Å²) in [6, 6.07) is 0.348. The van der Waals surface area contributed by atoms with Crippen molar-refractivity contribution in [2.75, 3.05) is 26.2 Å². The Balaban J connectivity index is 2.02. The Kier molecular flexibility index (Phi) is 5.28. The SMILES string of the molecule is CCN(CC1CCCNC1)C(C)c1nccnc1C. The Morgan fingerprint density at radius 3 is 2.84 bits per heavy atom. The van der Waals surface area contributed by atoms with Gasteiger partial charge in [0.2, 0.25) is 0 Å². The summed E-state index contributed by atoms with van der Waals surface area (Å²) in [5.74, 6) is 0.771. The first-order valence-corrected chi connectivity index (χ1v) is 7.44. The van der Waals surface area contributed by atoms with Gasteiger partial charge in [-0.3, -0.25) is 14.9 Å². The molecule has 1 fully saturated rings. The van der Waals surface area contributed by atoms with E-state index >= 15 is 0 Å². The van der Waals surface area contributed by atoms with Crippen LogP contribution in [0.2, 0.25) is 0 Å². The van der Waals surface area contributed by atoms with Crippen molar-refractivity contribution in [2.45, 2.75) is 39.7 Å². The van der Waals surface area contributed by atoms with Gasteiger partial charge >= 0.3 is 0 Å². The van der Waals surface area contributed by atoms with Crippen molar-refractivity contribution in [3.63, 3.8) is 0 Å². The normalized spacial score (nSPS) is 21.6.